The molecule has 2 heterocycles. The molecule has 1 amide bonds. The summed E-state index contributed by atoms with van der Waals surface area (Å²) in [6.45, 7) is 4.75. The number of rotatable bonds is 6. The number of hydrogen-bond acceptors (Lipinski definition) is 4. The number of nitrogens with one attached hydrogen (secondary N) is 2. The van der Waals surface area contributed by atoms with E-state index in [0.717, 1.165) is 31.6 Å². The molecule has 2 N–H and O–H groups in total. The standard InChI is InChI=1S/C19H25N3O4/c1-13-11-20-19(24)22(13)16-7-5-6-15(10-16)21-18(23)14(2)26-12-17-8-3-4-9-25-17/h5-7,10-11,14,17H,3-4,8-9,12H2,1-2H3,(H,20,24)(H,21,23). The fraction of sp³-hybridized carbons (Fsp3) is 0.474. The second-order valence-electron chi connectivity index (χ2n) is 6.57. The van der Waals surface area contributed by atoms with Crippen LogP contribution in [0.2, 0.25) is 0 Å². The van der Waals surface area contributed by atoms with Crippen molar-refractivity contribution >= 4 is 11.6 Å². The Morgan fingerprint density at radius 3 is 3.00 bits per heavy atom. The number of aromatic nitrogens is 2. The maximum Gasteiger partial charge on any atom is 0.330 e. The van der Waals surface area contributed by atoms with Crippen LogP contribution in [0.5, 0.6) is 0 Å². The van der Waals surface area contributed by atoms with Crippen LogP contribution in [0.15, 0.2) is 35.3 Å². The van der Waals surface area contributed by atoms with Gasteiger partial charge in [-0.25, -0.2) is 4.79 Å². The van der Waals surface area contributed by atoms with E-state index in [2.05, 4.69) is 10.3 Å². The number of carbonyl (C=O) groups excluding carboxylic acids is 1. The van der Waals surface area contributed by atoms with E-state index in [1.807, 2.05) is 13.0 Å². The first-order valence-corrected chi connectivity index (χ1v) is 8.96. The number of ether oxygens (including phenoxy) is 2. The molecule has 0 spiro atoms. The number of H-pyrrole nitrogens is 1. The summed E-state index contributed by atoms with van der Waals surface area (Å²) >= 11 is 0. The van der Waals surface area contributed by atoms with Crippen molar-refractivity contribution in [2.45, 2.75) is 45.3 Å². The van der Waals surface area contributed by atoms with Crippen LogP contribution in [0.4, 0.5) is 5.69 Å². The highest BCUT2D eigenvalue weighted by Crippen LogP contribution is 2.16. The summed E-state index contributed by atoms with van der Waals surface area (Å²) in [5.41, 5.74) is 1.89. The van der Waals surface area contributed by atoms with Gasteiger partial charge in [0, 0.05) is 24.2 Å². The molecule has 1 aliphatic heterocycles. The smallest absolute Gasteiger partial charge is 0.330 e. The van der Waals surface area contributed by atoms with Crippen LogP contribution in [0.3, 0.4) is 0 Å². The lowest BCUT2D eigenvalue weighted by atomic mass is 10.1. The number of imidazole rings is 1. The minimum absolute atomic E-state index is 0.0748. The molecule has 3 rings (SSSR count). The molecule has 1 aliphatic rings. The average Bonchev–Trinajstić information content (AvgIpc) is 2.99. The summed E-state index contributed by atoms with van der Waals surface area (Å²) in [5.74, 6) is -0.226. The quantitative estimate of drug-likeness (QED) is 0.829. The Morgan fingerprint density at radius 2 is 2.31 bits per heavy atom. The third kappa shape index (κ3) is 4.42. The lowest BCUT2D eigenvalue weighted by molar-refractivity contribution is -0.130. The lowest BCUT2D eigenvalue weighted by Gasteiger charge is -2.24. The van der Waals surface area contributed by atoms with Crippen molar-refractivity contribution < 1.29 is 14.3 Å². The summed E-state index contributed by atoms with van der Waals surface area (Å²) in [6, 6.07) is 7.16. The fourth-order valence-corrected chi connectivity index (χ4v) is 3.01. The summed E-state index contributed by atoms with van der Waals surface area (Å²) in [5, 5.41) is 2.84. The van der Waals surface area contributed by atoms with Crippen LogP contribution < -0.4 is 11.0 Å². The molecule has 140 valence electrons. The third-order valence-electron chi connectivity index (χ3n) is 4.51. The number of aryl methyl sites for hydroxylation is 1. The highest BCUT2D eigenvalue weighted by molar-refractivity contribution is 5.94. The van der Waals surface area contributed by atoms with Gasteiger partial charge in [0.2, 0.25) is 0 Å². The molecule has 7 nitrogen and oxygen atoms in total. The summed E-state index contributed by atoms with van der Waals surface area (Å²) in [7, 11) is 0. The summed E-state index contributed by atoms with van der Waals surface area (Å²) in [6.07, 6.45) is 4.34. The van der Waals surface area contributed by atoms with Crippen LogP contribution in [-0.4, -0.2) is 40.9 Å². The molecule has 1 aromatic carbocycles. The zero-order valence-corrected chi connectivity index (χ0v) is 15.2. The van der Waals surface area contributed by atoms with E-state index in [-0.39, 0.29) is 17.7 Å². The van der Waals surface area contributed by atoms with E-state index < -0.39 is 6.10 Å². The van der Waals surface area contributed by atoms with Gasteiger partial charge in [-0.15, -0.1) is 0 Å². The van der Waals surface area contributed by atoms with Gasteiger partial charge in [-0.2, -0.15) is 0 Å². The van der Waals surface area contributed by atoms with Crippen LogP contribution in [0, 0.1) is 6.92 Å². The van der Waals surface area contributed by atoms with Crippen molar-refractivity contribution in [1.29, 1.82) is 0 Å². The predicted molar refractivity (Wildman–Crippen MR) is 98.8 cm³/mol. The maximum absolute atomic E-state index is 12.4. The van der Waals surface area contributed by atoms with Crippen molar-refractivity contribution in [3.63, 3.8) is 0 Å². The Bertz CT molecular complexity index is 805. The number of aromatic amines is 1. The molecule has 1 saturated heterocycles. The Kier molecular flexibility index (Phi) is 5.90. The minimum atomic E-state index is -0.583. The van der Waals surface area contributed by atoms with Gasteiger partial charge < -0.3 is 19.8 Å². The molecule has 0 saturated carbocycles. The molecule has 1 fully saturated rings. The molecule has 26 heavy (non-hydrogen) atoms. The van der Waals surface area contributed by atoms with Crippen molar-refractivity contribution in [1.82, 2.24) is 9.55 Å². The van der Waals surface area contributed by atoms with Crippen molar-refractivity contribution in [3.8, 4) is 5.69 Å². The minimum Gasteiger partial charge on any atom is -0.376 e. The van der Waals surface area contributed by atoms with Crippen LogP contribution in [-0.2, 0) is 14.3 Å². The zero-order chi connectivity index (χ0) is 18.5. The lowest BCUT2D eigenvalue weighted by Crippen LogP contribution is -2.32. The topological polar surface area (TPSA) is 85.4 Å². The van der Waals surface area contributed by atoms with Crippen molar-refractivity contribution in [2.75, 3.05) is 18.5 Å². The molecule has 2 unspecified atom stereocenters. The summed E-state index contributed by atoms with van der Waals surface area (Å²) < 4.78 is 12.8. The number of nitrogens with zero attached hydrogens (tertiary/aromatic N) is 1. The molecule has 0 bridgehead atoms. The zero-order valence-electron chi connectivity index (χ0n) is 15.2. The number of hydrogen-bond donors (Lipinski definition) is 2. The Balaban J connectivity index is 1.60. The molecule has 2 aromatic rings. The first-order valence-electron chi connectivity index (χ1n) is 8.96. The fourth-order valence-electron chi connectivity index (χ4n) is 3.01. The molecule has 0 radical (unpaired) electrons. The van der Waals surface area contributed by atoms with Gasteiger partial charge in [-0.3, -0.25) is 9.36 Å². The molecular weight excluding hydrogens is 334 g/mol. The van der Waals surface area contributed by atoms with E-state index >= 15 is 0 Å². The molecule has 0 aliphatic carbocycles. The van der Waals surface area contributed by atoms with Gasteiger partial charge in [0.15, 0.2) is 0 Å². The van der Waals surface area contributed by atoms with Crippen LogP contribution >= 0.6 is 0 Å². The van der Waals surface area contributed by atoms with Gasteiger partial charge >= 0.3 is 5.69 Å². The highest BCUT2D eigenvalue weighted by atomic mass is 16.5. The van der Waals surface area contributed by atoms with Gasteiger partial charge in [-0.1, -0.05) is 6.07 Å². The second-order valence-corrected chi connectivity index (χ2v) is 6.57. The number of carbonyl (C=O) groups is 1. The first kappa shape index (κ1) is 18.4. The Hall–Kier alpha value is -2.38. The third-order valence-corrected chi connectivity index (χ3v) is 4.51. The van der Waals surface area contributed by atoms with E-state index in [0.29, 0.717) is 18.0 Å². The highest BCUT2D eigenvalue weighted by Gasteiger charge is 2.19. The normalized spacial score (nSPS) is 18.5. The van der Waals surface area contributed by atoms with E-state index in [1.165, 1.54) is 0 Å². The molecule has 1 aromatic heterocycles. The van der Waals surface area contributed by atoms with Gasteiger partial charge in [0.1, 0.15) is 6.10 Å². The molecule has 7 heteroatoms. The average molecular weight is 359 g/mol. The monoisotopic (exact) mass is 359 g/mol. The predicted octanol–water partition coefficient (Wildman–Crippen LogP) is 2.39. The van der Waals surface area contributed by atoms with Crippen molar-refractivity contribution in [2.24, 2.45) is 0 Å². The van der Waals surface area contributed by atoms with Gasteiger partial charge in [-0.05, 0) is 51.3 Å². The maximum atomic E-state index is 12.4. The largest absolute Gasteiger partial charge is 0.376 e. The van der Waals surface area contributed by atoms with Gasteiger partial charge in [0.05, 0.1) is 18.4 Å². The number of amides is 1. The Morgan fingerprint density at radius 1 is 1.46 bits per heavy atom. The summed E-state index contributed by atoms with van der Waals surface area (Å²) in [4.78, 5) is 26.9. The molecule has 2 atom stereocenters. The molecular formula is C19H25N3O4. The van der Waals surface area contributed by atoms with Crippen LogP contribution in [0.25, 0.3) is 5.69 Å². The van der Waals surface area contributed by atoms with Crippen LogP contribution in [0.1, 0.15) is 31.9 Å². The van der Waals surface area contributed by atoms with E-state index in [9.17, 15) is 9.59 Å². The second kappa shape index (κ2) is 8.33. The van der Waals surface area contributed by atoms with E-state index in [4.69, 9.17) is 9.47 Å². The van der Waals surface area contributed by atoms with E-state index in [1.54, 1.807) is 35.9 Å². The van der Waals surface area contributed by atoms with Crippen molar-refractivity contribution in [3.05, 3.63) is 46.6 Å². The Labute approximate surface area is 152 Å². The number of anilines is 1. The van der Waals surface area contributed by atoms with Gasteiger partial charge in [0.25, 0.3) is 5.91 Å². The first-order chi connectivity index (χ1) is 12.5. The number of benzene rings is 1. The SMILES string of the molecule is Cc1c[nH]c(=O)n1-c1cccc(NC(=O)C(C)OCC2CCCCO2)c1.